The van der Waals surface area contributed by atoms with E-state index in [1.54, 1.807) is 6.92 Å². The van der Waals surface area contributed by atoms with Crippen molar-refractivity contribution in [1.29, 1.82) is 0 Å². The molecular weight excluding hydrogens is 166 g/mol. The molecule has 0 N–H and O–H groups in total. The van der Waals surface area contributed by atoms with Crippen molar-refractivity contribution in [3.8, 4) is 0 Å². The molecule has 0 rings (SSSR count). The maximum Gasteiger partial charge on any atom is 0.381 e. The second-order valence-corrected chi connectivity index (χ2v) is 2.15. The molecule has 0 atom stereocenters. The maximum atomic E-state index is 12.6. The summed E-state index contributed by atoms with van der Waals surface area (Å²) in [7, 11) is 0. The summed E-state index contributed by atoms with van der Waals surface area (Å²) in [6, 6.07) is 0. The van der Waals surface area contributed by atoms with Crippen LogP contribution in [-0.4, -0.2) is 18.5 Å². The summed E-state index contributed by atoms with van der Waals surface area (Å²) in [5.74, 6) is -4.97. The van der Waals surface area contributed by atoms with Crippen LogP contribution in [0.15, 0.2) is 12.2 Å². The highest BCUT2D eigenvalue weighted by atomic mass is 19.3. The number of ether oxygens (including phenoxy) is 1. The Bertz CT molecular complexity index is 176. The van der Waals surface area contributed by atoms with E-state index in [-0.39, 0.29) is 6.61 Å². The van der Waals surface area contributed by atoms with Gasteiger partial charge < -0.3 is 4.74 Å². The molecule has 0 unspecified atom stereocenters. The first-order valence-electron chi connectivity index (χ1n) is 3.77. The van der Waals surface area contributed by atoms with Gasteiger partial charge in [0.1, 0.15) is 0 Å². The average Bonchev–Trinajstić information content (AvgIpc) is 2.01. The second-order valence-electron chi connectivity index (χ2n) is 2.15. The van der Waals surface area contributed by atoms with Crippen LogP contribution in [0.3, 0.4) is 0 Å². The predicted molar refractivity (Wildman–Crippen MR) is 41.0 cm³/mol. The number of halogens is 2. The van der Waals surface area contributed by atoms with Gasteiger partial charge in [-0.1, -0.05) is 13.0 Å². The molecule has 0 aromatic heterocycles. The zero-order valence-corrected chi connectivity index (χ0v) is 7.14. The van der Waals surface area contributed by atoms with Crippen molar-refractivity contribution in [2.24, 2.45) is 0 Å². The highest BCUT2D eigenvalue weighted by molar-refractivity contribution is 5.79. The fourth-order valence-electron chi connectivity index (χ4n) is 0.561. The molecule has 0 aromatic rings. The summed E-state index contributed by atoms with van der Waals surface area (Å²) in [5.41, 5.74) is 0. The van der Waals surface area contributed by atoms with Crippen LogP contribution < -0.4 is 0 Å². The van der Waals surface area contributed by atoms with Crippen LogP contribution in [0.4, 0.5) is 8.78 Å². The van der Waals surface area contributed by atoms with Crippen LogP contribution in [0.2, 0.25) is 0 Å². The Hall–Kier alpha value is -0.930. The number of carbonyl (C=O) groups excluding carboxylic acids is 1. The van der Waals surface area contributed by atoms with E-state index in [1.165, 1.54) is 13.0 Å². The van der Waals surface area contributed by atoms with E-state index < -0.39 is 11.9 Å². The molecule has 0 aliphatic heterocycles. The number of alkyl halides is 2. The summed E-state index contributed by atoms with van der Waals surface area (Å²) < 4.78 is 29.4. The molecule has 0 amide bonds. The molecule has 0 fully saturated rings. The van der Waals surface area contributed by atoms with Crippen molar-refractivity contribution in [3.05, 3.63) is 12.2 Å². The zero-order valence-electron chi connectivity index (χ0n) is 7.14. The molecule has 0 saturated heterocycles. The lowest BCUT2D eigenvalue weighted by atomic mass is 10.3. The lowest BCUT2D eigenvalue weighted by Gasteiger charge is -2.09. The summed E-state index contributed by atoms with van der Waals surface area (Å²) in [4.78, 5) is 10.5. The molecule has 0 heterocycles. The van der Waals surface area contributed by atoms with E-state index in [0.29, 0.717) is 12.5 Å². The summed E-state index contributed by atoms with van der Waals surface area (Å²) in [6.45, 7) is 3.16. The number of allylic oxidation sites excluding steroid dienone is 1. The van der Waals surface area contributed by atoms with Crippen molar-refractivity contribution < 1.29 is 18.3 Å². The smallest absolute Gasteiger partial charge is 0.381 e. The zero-order chi connectivity index (χ0) is 9.61. The molecule has 0 spiro atoms. The molecule has 0 saturated carbocycles. The van der Waals surface area contributed by atoms with E-state index >= 15 is 0 Å². The summed E-state index contributed by atoms with van der Waals surface area (Å²) in [5, 5.41) is 0. The van der Waals surface area contributed by atoms with Gasteiger partial charge in [0.15, 0.2) is 0 Å². The molecule has 4 heteroatoms. The number of rotatable bonds is 4. The Morgan fingerprint density at radius 2 is 2.08 bits per heavy atom. The largest absolute Gasteiger partial charge is 0.461 e. The Morgan fingerprint density at radius 3 is 2.50 bits per heavy atom. The first-order chi connectivity index (χ1) is 5.54. The normalized spacial score (nSPS) is 12.0. The number of esters is 1. The lowest BCUT2D eigenvalue weighted by Crippen LogP contribution is -2.28. The van der Waals surface area contributed by atoms with Crippen LogP contribution in [0.5, 0.6) is 0 Å². The standard InChI is InChI=1S/C8H12F2O2/c1-3-5-6-8(9,10)7(11)12-4-2/h5-6H,3-4H2,1-2H3/b6-5+. The summed E-state index contributed by atoms with van der Waals surface area (Å²) >= 11 is 0. The van der Waals surface area contributed by atoms with Crippen molar-refractivity contribution in [2.45, 2.75) is 26.2 Å². The highest BCUT2D eigenvalue weighted by Crippen LogP contribution is 2.17. The van der Waals surface area contributed by atoms with Crippen LogP contribution in [-0.2, 0) is 9.53 Å². The topological polar surface area (TPSA) is 26.3 Å². The molecule has 0 radical (unpaired) electrons. The molecular formula is C8H12F2O2. The van der Waals surface area contributed by atoms with Gasteiger partial charge in [-0.05, 0) is 19.4 Å². The van der Waals surface area contributed by atoms with Crippen LogP contribution in [0.1, 0.15) is 20.3 Å². The van der Waals surface area contributed by atoms with Crippen LogP contribution >= 0.6 is 0 Å². The Balaban J connectivity index is 4.18. The van der Waals surface area contributed by atoms with Gasteiger partial charge >= 0.3 is 11.9 Å². The van der Waals surface area contributed by atoms with Gasteiger partial charge in [0, 0.05) is 0 Å². The van der Waals surface area contributed by atoms with Crippen LogP contribution in [0.25, 0.3) is 0 Å². The first-order valence-corrected chi connectivity index (χ1v) is 3.77. The van der Waals surface area contributed by atoms with Gasteiger partial charge in [0.2, 0.25) is 0 Å². The minimum Gasteiger partial charge on any atom is -0.461 e. The van der Waals surface area contributed by atoms with E-state index in [9.17, 15) is 13.6 Å². The number of hydrogen-bond donors (Lipinski definition) is 0. The van der Waals surface area contributed by atoms with Gasteiger partial charge in [-0.15, -0.1) is 0 Å². The lowest BCUT2D eigenvalue weighted by molar-refractivity contribution is -0.164. The Kier molecular flexibility index (Phi) is 4.47. The number of carbonyl (C=O) groups is 1. The minimum atomic E-state index is -3.48. The van der Waals surface area contributed by atoms with Gasteiger partial charge in [0.25, 0.3) is 0 Å². The molecule has 0 bridgehead atoms. The SMILES string of the molecule is CC/C=C/C(F)(F)C(=O)OCC. The molecule has 0 aliphatic rings. The Labute approximate surface area is 70.2 Å². The van der Waals surface area contributed by atoms with Crippen molar-refractivity contribution in [3.63, 3.8) is 0 Å². The third kappa shape index (κ3) is 3.46. The molecule has 2 nitrogen and oxygen atoms in total. The van der Waals surface area contributed by atoms with Crippen LogP contribution in [0, 0.1) is 0 Å². The van der Waals surface area contributed by atoms with Crippen molar-refractivity contribution in [1.82, 2.24) is 0 Å². The first kappa shape index (κ1) is 11.1. The maximum absolute atomic E-state index is 12.6. The average molecular weight is 178 g/mol. The van der Waals surface area contributed by atoms with E-state index in [2.05, 4.69) is 4.74 Å². The number of hydrogen-bond acceptors (Lipinski definition) is 2. The quantitative estimate of drug-likeness (QED) is 0.487. The third-order valence-corrected chi connectivity index (χ3v) is 1.11. The van der Waals surface area contributed by atoms with E-state index in [0.717, 1.165) is 0 Å². The molecule has 70 valence electrons. The van der Waals surface area contributed by atoms with E-state index in [1.807, 2.05) is 0 Å². The van der Waals surface area contributed by atoms with Gasteiger partial charge in [-0.25, -0.2) is 4.79 Å². The highest BCUT2D eigenvalue weighted by Gasteiger charge is 2.36. The monoisotopic (exact) mass is 178 g/mol. The van der Waals surface area contributed by atoms with Crippen molar-refractivity contribution >= 4 is 5.97 Å². The van der Waals surface area contributed by atoms with Gasteiger partial charge in [-0.2, -0.15) is 8.78 Å². The molecule has 12 heavy (non-hydrogen) atoms. The second kappa shape index (κ2) is 4.85. The summed E-state index contributed by atoms with van der Waals surface area (Å²) in [6.07, 6.45) is 2.26. The fraction of sp³-hybridized carbons (Fsp3) is 0.625. The molecule has 0 aromatic carbocycles. The Morgan fingerprint density at radius 1 is 1.50 bits per heavy atom. The minimum absolute atomic E-state index is 0.0333. The van der Waals surface area contributed by atoms with E-state index in [4.69, 9.17) is 0 Å². The fourth-order valence-corrected chi connectivity index (χ4v) is 0.561. The predicted octanol–water partition coefficient (Wildman–Crippen LogP) is 2.15. The molecule has 0 aliphatic carbocycles. The van der Waals surface area contributed by atoms with Gasteiger partial charge in [0.05, 0.1) is 6.61 Å². The van der Waals surface area contributed by atoms with Crippen molar-refractivity contribution in [2.75, 3.05) is 6.61 Å². The van der Waals surface area contributed by atoms with Gasteiger partial charge in [-0.3, -0.25) is 0 Å². The third-order valence-electron chi connectivity index (χ3n) is 1.11.